The van der Waals surface area contributed by atoms with Gasteiger partial charge in [0.2, 0.25) is 0 Å². The number of aromatic nitrogens is 4. The molecule has 0 aliphatic carbocycles. The fourth-order valence-corrected chi connectivity index (χ4v) is 3.76. The van der Waals surface area contributed by atoms with Gasteiger partial charge in [-0.3, -0.25) is 4.79 Å². The number of carbonyl (C=O) groups is 1. The minimum absolute atomic E-state index is 0.00958. The highest BCUT2D eigenvalue weighted by atomic mass is 16.5. The summed E-state index contributed by atoms with van der Waals surface area (Å²) in [6, 6.07) is 5.92. The summed E-state index contributed by atoms with van der Waals surface area (Å²) >= 11 is 0. The molecule has 4 rings (SSSR count). The van der Waals surface area contributed by atoms with Crippen LogP contribution < -0.4 is 15.4 Å². The fourth-order valence-electron chi connectivity index (χ4n) is 3.76. The van der Waals surface area contributed by atoms with Crippen LogP contribution in [0.25, 0.3) is 11.2 Å². The Morgan fingerprint density at radius 3 is 2.83 bits per heavy atom. The van der Waals surface area contributed by atoms with Crippen LogP contribution in [0.2, 0.25) is 0 Å². The van der Waals surface area contributed by atoms with Crippen molar-refractivity contribution >= 4 is 17.1 Å². The molecule has 152 valence electrons. The Bertz CT molecular complexity index is 989. The summed E-state index contributed by atoms with van der Waals surface area (Å²) in [5.74, 6) is 0.969. The fraction of sp³-hybridized carbons (Fsp3) is 0.429. The molecule has 0 radical (unpaired) electrons. The van der Waals surface area contributed by atoms with E-state index in [9.17, 15) is 4.79 Å². The van der Waals surface area contributed by atoms with E-state index in [2.05, 4.69) is 20.6 Å². The lowest BCUT2D eigenvalue weighted by Crippen LogP contribution is -2.32. The summed E-state index contributed by atoms with van der Waals surface area (Å²) in [6.07, 6.45) is 4.43. The number of hydrogen-bond donors (Lipinski definition) is 2. The smallest absolute Gasteiger partial charge is 0.258 e. The van der Waals surface area contributed by atoms with Crippen LogP contribution in [0.4, 0.5) is 0 Å². The number of carbonyl (C=O) groups excluding carboxylic acids is 1. The van der Waals surface area contributed by atoms with Crippen LogP contribution in [-0.4, -0.2) is 51.9 Å². The molecule has 1 atom stereocenters. The lowest BCUT2D eigenvalue weighted by Gasteiger charge is -2.12. The molecule has 2 aromatic heterocycles. The molecular weight excluding hydrogens is 368 g/mol. The Balaban J connectivity index is 1.36. The summed E-state index contributed by atoms with van der Waals surface area (Å²) in [4.78, 5) is 21.1. The Hall–Kier alpha value is -3.00. The highest BCUT2D eigenvalue weighted by Gasteiger charge is 2.24. The molecule has 29 heavy (non-hydrogen) atoms. The summed E-state index contributed by atoms with van der Waals surface area (Å²) in [7, 11) is 0. The molecule has 0 bridgehead atoms. The molecule has 1 unspecified atom stereocenters. The first kappa shape index (κ1) is 19.3. The molecule has 2 N–H and O–H groups in total. The minimum Gasteiger partial charge on any atom is -0.483 e. The van der Waals surface area contributed by atoms with Gasteiger partial charge < -0.3 is 15.4 Å². The van der Waals surface area contributed by atoms with Crippen LogP contribution in [0.1, 0.15) is 29.2 Å². The van der Waals surface area contributed by atoms with Crippen molar-refractivity contribution in [3.05, 3.63) is 47.4 Å². The number of rotatable bonds is 7. The monoisotopic (exact) mass is 394 g/mol. The molecule has 0 spiro atoms. The first-order valence-electron chi connectivity index (χ1n) is 9.97. The van der Waals surface area contributed by atoms with E-state index in [1.54, 1.807) is 12.4 Å². The van der Waals surface area contributed by atoms with E-state index >= 15 is 0 Å². The van der Waals surface area contributed by atoms with Gasteiger partial charge in [0.25, 0.3) is 5.91 Å². The number of amides is 1. The van der Waals surface area contributed by atoms with Crippen LogP contribution in [0.5, 0.6) is 5.75 Å². The van der Waals surface area contributed by atoms with E-state index in [4.69, 9.17) is 9.84 Å². The molecule has 0 saturated carbocycles. The Morgan fingerprint density at radius 1 is 1.28 bits per heavy atom. The first-order chi connectivity index (χ1) is 14.1. The van der Waals surface area contributed by atoms with Crippen LogP contribution >= 0.6 is 0 Å². The number of nitrogens with one attached hydrogen (secondary N) is 2. The van der Waals surface area contributed by atoms with Gasteiger partial charge in [-0.2, -0.15) is 5.10 Å². The van der Waals surface area contributed by atoms with Crippen molar-refractivity contribution in [2.24, 2.45) is 0 Å². The average molecular weight is 394 g/mol. The quantitative estimate of drug-likeness (QED) is 0.634. The predicted molar refractivity (Wildman–Crippen MR) is 110 cm³/mol. The number of benzene rings is 1. The molecule has 1 amide bonds. The largest absolute Gasteiger partial charge is 0.483 e. The zero-order valence-electron chi connectivity index (χ0n) is 16.8. The normalized spacial score (nSPS) is 16.3. The molecule has 3 aromatic rings. The zero-order valence-corrected chi connectivity index (χ0v) is 16.8. The number of ether oxygens (including phenoxy) is 1. The lowest BCUT2D eigenvalue weighted by atomic mass is 10.0. The summed E-state index contributed by atoms with van der Waals surface area (Å²) in [6.45, 7) is 6.83. The Morgan fingerprint density at radius 2 is 2.07 bits per heavy atom. The highest BCUT2D eigenvalue weighted by Crippen LogP contribution is 2.26. The second-order valence-electron chi connectivity index (χ2n) is 7.39. The van der Waals surface area contributed by atoms with Gasteiger partial charge in [0.1, 0.15) is 11.3 Å². The van der Waals surface area contributed by atoms with Gasteiger partial charge >= 0.3 is 0 Å². The van der Waals surface area contributed by atoms with Crippen molar-refractivity contribution in [1.82, 2.24) is 30.4 Å². The number of fused-ring (bicyclic) bond motifs is 1. The predicted octanol–water partition coefficient (Wildman–Crippen LogP) is 1.72. The second kappa shape index (κ2) is 8.57. The van der Waals surface area contributed by atoms with Gasteiger partial charge in [0.05, 0.1) is 12.2 Å². The van der Waals surface area contributed by atoms with Crippen LogP contribution in [-0.2, 0) is 11.3 Å². The van der Waals surface area contributed by atoms with E-state index in [1.165, 1.54) is 0 Å². The molecular formula is C21H26N6O2. The molecule has 1 fully saturated rings. The maximum absolute atomic E-state index is 12.2. The van der Waals surface area contributed by atoms with Crippen molar-refractivity contribution in [1.29, 1.82) is 0 Å². The molecule has 1 saturated heterocycles. The Kier molecular flexibility index (Phi) is 5.71. The van der Waals surface area contributed by atoms with Crippen molar-refractivity contribution in [2.75, 3.05) is 26.2 Å². The van der Waals surface area contributed by atoms with Gasteiger partial charge in [0, 0.05) is 31.4 Å². The minimum atomic E-state index is -0.157. The maximum Gasteiger partial charge on any atom is 0.258 e. The van der Waals surface area contributed by atoms with Crippen molar-refractivity contribution in [3.63, 3.8) is 0 Å². The summed E-state index contributed by atoms with van der Waals surface area (Å²) in [5, 5.41) is 11.0. The maximum atomic E-state index is 12.2. The second-order valence-corrected chi connectivity index (χ2v) is 7.39. The molecule has 8 heteroatoms. The molecule has 1 aliphatic rings. The number of para-hydroxylation sites is 1. The van der Waals surface area contributed by atoms with E-state index in [0.29, 0.717) is 19.0 Å². The average Bonchev–Trinajstić information content (AvgIpc) is 3.36. The van der Waals surface area contributed by atoms with Gasteiger partial charge in [-0.15, -0.1) is 0 Å². The third-order valence-electron chi connectivity index (χ3n) is 5.24. The summed E-state index contributed by atoms with van der Waals surface area (Å²) < 4.78 is 7.55. The third kappa shape index (κ3) is 4.22. The Labute approximate surface area is 169 Å². The van der Waals surface area contributed by atoms with Crippen molar-refractivity contribution in [2.45, 2.75) is 32.7 Å². The van der Waals surface area contributed by atoms with Crippen LogP contribution in [0.15, 0.2) is 30.6 Å². The number of nitrogens with zero attached hydrogens (tertiary/aromatic N) is 4. The lowest BCUT2D eigenvalue weighted by molar-refractivity contribution is -0.123. The summed E-state index contributed by atoms with van der Waals surface area (Å²) in [5.41, 5.74) is 4.64. The van der Waals surface area contributed by atoms with Gasteiger partial charge in [-0.05, 0) is 37.9 Å². The van der Waals surface area contributed by atoms with E-state index in [1.807, 2.05) is 36.7 Å². The van der Waals surface area contributed by atoms with Crippen molar-refractivity contribution < 1.29 is 9.53 Å². The van der Waals surface area contributed by atoms with E-state index in [0.717, 1.165) is 53.2 Å². The van der Waals surface area contributed by atoms with E-state index in [-0.39, 0.29) is 12.5 Å². The molecule has 1 aliphatic heterocycles. The molecule has 1 aromatic carbocycles. The highest BCUT2D eigenvalue weighted by molar-refractivity contribution is 5.77. The number of aryl methyl sites for hydroxylation is 2. The third-order valence-corrected chi connectivity index (χ3v) is 5.24. The number of hydrogen-bond acceptors (Lipinski definition) is 6. The van der Waals surface area contributed by atoms with Gasteiger partial charge in [-0.1, -0.05) is 18.2 Å². The molecule has 3 heterocycles. The zero-order chi connectivity index (χ0) is 20.2. The SMILES string of the molecule is Cc1cccc(C)c1OCC(=O)NCCn1nc(C2CCNC2)c2nccnc21. The molecule has 8 nitrogen and oxygen atoms in total. The van der Waals surface area contributed by atoms with Crippen molar-refractivity contribution in [3.8, 4) is 5.75 Å². The first-order valence-corrected chi connectivity index (χ1v) is 9.97. The van der Waals surface area contributed by atoms with Gasteiger partial charge in [-0.25, -0.2) is 14.6 Å². The standard InChI is InChI=1S/C21H26N6O2/c1-14-4-3-5-15(2)20(14)29-13-17(28)23-10-11-27-21-19(24-8-9-25-21)18(26-27)16-6-7-22-12-16/h3-5,8-9,16,22H,6-7,10-13H2,1-2H3,(H,23,28). The van der Waals surface area contributed by atoms with Gasteiger partial charge in [0.15, 0.2) is 12.3 Å². The van der Waals surface area contributed by atoms with Crippen LogP contribution in [0.3, 0.4) is 0 Å². The topological polar surface area (TPSA) is 94.0 Å². The van der Waals surface area contributed by atoms with Crippen LogP contribution in [0, 0.1) is 13.8 Å². The van der Waals surface area contributed by atoms with E-state index < -0.39 is 0 Å².